The van der Waals surface area contributed by atoms with Gasteiger partial charge in [-0.1, -0.05) is 18.2 Å². The molecular formula is C20H21N5O3. The van der Waals surface area contributed by atoms with E-state index >= 15 is 0 Å². The number of aryl methyl sites for hydroxylation is 1. The first-order valence-corrected chi connectivity index (χ1v) is 9.16. The Kier molecular flexibility index (Phi) is 4.68. The summed E-state index contributed by atoms with van der Waals surface area (Å²) in [6.45, 7) is 1.81. The number of nitrogens with one attached hydrogen (secondary N) is 2. The van der Waals surface area contributed by atoms with Crippen LogP contribution in [-0.4, -0.2) is 33.0 Å². The Bertz CT molecular complexity index is 1000. The lowest BCUT2D eigenvalue weighted by Crippen LogP contribution is -2.44. The first-order chi connectivity index (χ1) is 13.5. The number of amides is 2. The molecule has 2 heterocycles. The largest absolute Gasteiger partial charge is 0.441 e. The minimum absolute atomic E-state index is 0.0840. The van der Waals surface area contributed by atoms with Crippen molar-refractivity contribution in [1.82, 2.24) is 20.5 Å². The minimum Gasteiger partial charge on any atom is -0.441 e. The Morgan fingerprint density at radius 1 is 1.29 bits per heavy atom. The van der Waals surface area contributed by atoms with Crippen LogP contribution in [-0.2, 0) is 11.2 Å². The number of aromatic nitrogens is 3. The standard InChI is InChI=1S/C20H21N5O3/c1-11-15(23-20(28-11)12-5-3-2-4-6-12)10-18(26)22-14-7-13(8-14)16-9-17(19(21)27)25-24-16/h2-6,9,13-14H,7-8,10H2,1H3,(H2,21,27)(H,22,26)(H,24,25)/t13-,14+. The first-order valence-electron chi connectivity index (χ1n) is 9.16. The van der Waals surface area contributed by atoms with Gasteiger partial charge in [0.15, 0.2) is 0 Å². The molecule has 8 heteroatoms. The van der Waals surface area contributed by atoms with Crippen molar-refractivity contribution in [3.8, 4) is 11.5 Å². The molecule has 8 nitrogen and oxygen atoms in total. The summed E-state index contributed by atoms with van der Waals surface area (Å²) in [7, 11) is 0. The number of carbonyl (C=O) groups excluding carboxylic acids is 2. The number of rotatable bonds is 6. The number of oxazole rings is 1. The maximum absolute atomic E-state index is 12.4. The molecule has 0 saturated heterocycles. The summed E-state index contributed by atoms with van der Waals surface area (Å²) in [5.74, 6) is 0.776. The maximum atomic E-state index is 12.4. The molecule has 4 N–H and O–H groups in total. The zero-order valence-corrected chi connectivity index (χ0v) is 15.4. The van der Waals surface area contributed by atoms with E-state index in [1.54, 1.807) is 6.07 Å². The number of benzene rings is 1. The SMILES string of the molecule is Cc1oc(-c2ccccc2)nc1CC(=O)N[C@H]1C[C@@H](c2cc(C(N)=O)[nH]n2)C1. The van der Waals surface area contributed by atoms with Crippen LogP contribution in [0, 0.1) is 6.92 Å². The third-order valence-corrected chi connectivity index (χ3v) is 5.03. The highest BCUT2D eigenvalue weighted by Gasteiger charge is 2.33. The molecule has 1 fully saturated rings. The summed E-state index contributed by atoms with van der Waals surface area (Å²) in [4.78, 5) is 28.0. The Labute approximate surface area is 161 Å². The summed E-state index contributed by atoms with van der Waals surface area (Å²) in [5.41, 5.74) is 7.86. The van der Waals surface area contributed by atoms with E-state index < -0.39 is 5.91 Å². The molecule has 0 aliphatic heterocycles. The van der Waals surface area contributed by atoms with Crippen molar-refractivity contribution in [3.05, 3.63) is 59.2 Å². The number of H-pyrrole nitrogens is 1. The number of hydrogen-bond donors (Lipinski definition) is 3. The third-order valence-electron chi connectivity index (χ3n) is 5.03. The minimum atomic E-state index is -0.527. The van der Waals surface area contributed by atoms with Gasteiger partial charge in [0.25, 0.3) is 5.91 Å². The molecule has 2 aromatic heterocycles. The zero-order chi connectivity index (χ0) is 19.7. The van der Waals surface area contributed by atoms with Crippen LogP contribution >= 0.6 is 0 Å². The number of aromatic amines is 1. The highest BCUT2D eigenvalue weighted by atomic mass is 16.4. The van der Waals surface area contributed by atoms with Gasteiger partial charge in [-0.15, -0.1) is 0 Å². The number of hydrogen-bond acceptors (Lipinski definition) is 5. The van der Waals surface area contributed by atoms with Crippen LogP contribution in [0.2, 0.25) is 0 Å². The van der Waals surface area contributed by atoms with E-state index in [1.807, 2.05) is 37.3 Å². The highest BCUT2D eigenvalue weighted by Crippen LogP contribution is 2.36. The van der Waals surface area contributed by atoms with Crippen LogP contribution in [0.15, 0.2) is 40.8 Å². The van der Waals surface area contributed by atoms with Gasteiger partial charge in [0.05, 0.1) is 17.8 Å². The lowest BCUT2D eigenvalue weighted by molar-refractivity contribution is -0.121. The normalized spacial score (nSPS) is 18.5. The fraction of sp³-hybridized carbons (Fsp3) is 0.300. The molecular weight excluding hydrogens is 358 g/mol. The van der Waals surface area contributed by atoms with E-state index in [0.29, 0.717) is 23.0 Å². The number of carbonyl (C=O) groups is 2. The summed E-state index contributed by atoms with van der Waals surface area (Å²) < 4.78 is 5.70. The topological polar surface area (TPSA) is 127 Å². The van der Waals surface area contributed by atoms with Crippen molar-refractivity contribution in [3.63, 3.8) is 0 Å². The number of primary amides is 1. The molecule has 0 spiro atoms. The van der Waals surface area contributed by atoms with Gasteiger partial charge in [-0.2, -0.15) is 5.10 Å². The molecule has 144 valence electrons. The summed E-state index contributed by atoms with van der Waals surface area (Å²) >= 11 is 0. The van der Waals surface area contributed by atoms with Gasteiger partial charge in [0, 0.05) is 17.5 Å². The fourth-order valence-electron chi connectivity index (χ4n) is 3.38. The number of nitrogens with zero attached hydrogens (tertiary/aromatic N) is 2. The molecule has 1 saturated carbocycles. The van der Waals surface area contributed by atoms with Gasteiger partial charge in [-0.05, 0) is 38.0 Å². The Morgan fingerprint density at radius 3 is 2.71 bits per heavy atom. The Balaban J connectivity index is 1.31. The van der Waals surface area contributed by atoms with Crippen molar-refractivity contribution in [1.29, 1.82) is 0 Å². The molecule has 0 radical (unpaired) electrons. The van der Waals surface area contributed by atoms with E-state index in [2.05, 4.69) is 20.5 Å². The second kappa shape index (κ2) is 7.30. The molecule has 28 heavy (non-hydrogen) atoms. The van der Waals surface area contributed by atoms with Crippen molar-refractivity contribution in [2.45, 2.75) is 38.1 Å². The monoisotopic (exact) mass is 379 g/mol. The van der Waals surface area contributed by atoms with Gasteiger partial charge in [-0.3, -0.25) is 14.7 Å². The smallest absolute Gasteiger partial charge is 0.266 e. The second-order valence-electron chi connectivity index (χ2n) is 7.07. The van der Waals surface area contributed by atoms with Crippen LogP contribution in [0.5, 0.6) is 0 Å². The predicted octanol–water partition coefficient (Wildman–Crippen LogP) is 2.08. The van der Waals surface area contributed by atoms with E-state index in [9.17, 15) is 9.59 Å². The molecule has 2 amide bonds. The zero-order valence-electron chi connectivity index (χ0n) is 15.4. The van der Waals surface area contributed by atoms with Crippen LogP contribution in [0.1, 0.15) is 46.4 Å². The van der Waals surface area contributed by atoms with E-state index in [0.717, 1.165) is 24.1 Å². The van der Waals surface area contributed by atoms with Crippen molar-refractivity contribution >= 4 is 11.8 Å². The summed E-state index contributed by atoms with van der Waals surface area (Å²) in [6.07, 6.45) is 1.74. The molecule has 0 atom stereocenters. The lowest BCUT2D eigenvalue weighted by atomic mass is 9.78. The molecule has 4 rings (SSSR count). The van der Waals surface area contributed by atoms with Crippen molar-refractivity contribution < 1.29 is 14.0 Å². The van der Waals surface area contributed by atoms with Crippen LogP contribution < -0.4 is 11.1 Å². The van der Waals surface area contributed by atoms with E-state index in [4.69, 9.17) is 10.2 Å². The van der Waals surface area contributed by atoms with E-state index in [1.165, 1.54) is 0 Å². The Hall–Kier alpha value is -3.42. The first kappa shape index (κ1) is 18.0. The highest BCUT2D eigenvalue weighted by molar-refractivity contribution is 5.90. The molecule has 1 aliphatic rings. The third kappa shape index (κ3) is 3.66. The summed E-state index contributed by atoms with van der Waals surface area (Å²) in [6, 6.07) is 11.4. The van der Waals surface area contributed by atoms with Gasteiger partial charge in [0.1, 0.15) is 11.5 Å². The average molecular weight is 379 g/mol. The van der Waals surface area contributed by atoms with Gasteiger partial charge >= 0.3 is 0 Å². The summed E-state index contributed by atoms with van der Waals surface area (Å²) in [5, 5.41) is 9.78. The van der Waals surface area contributed by atoms with Gasteiger partial charge in [-0.25, -0.2) is 4.98 Å². The number of nitrogens with two attached hydrogens (primary N) is 1. The molecule has 3 aromatic rings. The molecule has 0 bridgehead atoms. The predicted molar refractivity (Wildman–Crippen MR) is 101 cm³/mol. The average Bonchev–Trinajstić information content (AvgIpc) is 3.26. The lowest BCUT2D eigenvalue weighted by Gasteiger charge is -2.34. The van der Waals surface area contributed by atoms with E-state index in [-0.39, 0.29) is 24.3 Å². The molecule has 1 aliphatic carbocycles. The molecule has 0 unspecified atom stereocenters. The van der Waals surface area contributed by atoms with Gasteiger partial charge < -0.3 is 15.5 Å². The fourth-order valence-corrected chi connectivity index (χ4v) is 3.38. The van der Waals surface area contributed by atoms with Crippen molar-refractivity contribution in [2.24, 2.45) is 5.73 Å². The second-order valence-corrected chi connectivity index (χ2v) is 7.07. The quantitative estimate of drug-likeness (QED) is 0.604. The van der Waals surface area contributed by atoms with Crippen molar-refractivity contribution in [2.75, 3.05) is 0 Å². The van der Waals surface area contributed by atoms with Crippen LogP contribution in [0.3, 0.4) is 0 Å². The Morgan fingerprint density at radius 2 is 2.04 bits per heavy atom. The van der Waals surface area contributed by atoms with Gasteiger partial charge in [0.2, 0.25) is 11.8 Å². The molecule has 1 aromatic carbocycles. The maximum Gasteiger partial charge on any atom is 0.266 e. The van der Waals surface area contributed by atoms with Crippen LogP contribution in [0.25, 0.3) is 11.5 Å². The van der Waals surface area contributed by atoms with Crippen LogP contribution in [0.4, 0.5) is 0 Å².